The third-order valence-electron chi connectivity index (χ3n) is 1.49. The van der Waals surface area contributed by atoms with Crippen LogP contribution >= 0.6 is 39.1 Å². The maximum Gasteiger partial charge on any atom is 0.200 e. The van der Waals surface area contributed by atoms with E-state index in [1.54, 1.807) is 0 Å². The van der Waals surface area contributed by atoms with Crippen molar-refractivity contribution in [2.24, 2.45) is 0 Å². The predicted molar refractivity (Wildman–Crippen MR) is 59.9 cm³/mol. The standard InChI is InChI=1S/C9H9BrCl2O/c1-2-13-8-6-4-3-5-7(8)9(10,11)12/h3-6H,2H2,1H3. The minimum absolute atomic E-state index is 0.591. The maximum absolute atomic E-state index is 5.90. The molecule has 0 aliphatic carbocycles. The van der Waals surface area contributed by atoms with Crippen LogP contribution in [0.1, 0.15) is 12.5 Å². The van der Waals surface area contributed by atoms with Gasteiger partial charge in [0.2, 0.25) is 3.24 Å². The normalized spacial score (nSPS) is 11.4. The van der Waals surface area contributed by atoms with Gasteiger partial charge in [-0.15, -0.1) is 0 Å². The van der Waals surface area contributed by atoms with Crippen LogP contribution in [0.4, 0.5) is 0 Å². The molecule has 0 spiro atoms. The van der Waals surface area contributed by atoms with Crippen molar-refractivity contribution in [3.05, 3.63) is 29.8 Å². The molecule has 0 radical (unpaired) electrons. The Morgan fingerprint density at radius 3 is 2.54 bits per heavy atom. The fourth-order valence-electron chi connectivity index (χ4n) is 0.982. The largest absolute Gasteiger partial charge is 0.493 e. The molecule has 1 rings (SSSR count). The van der Waals surface area contributed by atoms with Gasteiger partial charge in [-0.25, -0.2) is 0 Å². The molecule has 0 unspecified atom stereocenters. The van der Waals surface area contributed by atoms with Gasteiger partial charge in [-0.2, -0.15) is 0 Å². The molecule has 0 aliphatic rings. The lowest BCUT2D eigenvalue weighted by atomic mass is 10.2. The van der Waals surface area contributed by atoms with Crippen LogP contribution in [0, 0.1) is 0 Å². The number of hydrogen-bond acceptors (Lipinski definition) is 1. The molecule has 72 valence electrons. The van der Waals surface area contributed by atoms with Crippen LogP contribution in [0.25, 0.3) is 0 Å². The Kier molecular flexibility index (Phi) is 3.89. The molecule has 1 aromatic carbocycles. The molecule has 1 aromatic rings. The summed E-state index contributed by atoms with van der Waals surface area (Å²) in [6, 6.07) is 7.39. The van der Waals surface area contributed by atoms with E-state index in [1.165, 1.54) is 0 Å². The van der Waals surface area contributed by atoms with Gasteiger partial charge >= 0.3 is 0 Å². The number of alkyl halides is 3. The summed E-state index contributed by atoms with van der Waals surface area (Å²) < 4.78 is 4.28. The summed E-state index contributed by atoms with van der Waals surface area (Å²) in [5.41, 5.74) is 0.722. The quantitative estimate of drug-likeness (QED) is 0.760. The zero-order valence-electron chi connectivity index (χ0n) is 7.06. The molecule has 13 heavy (non-hydrogen) atoms. The topological polar surface area (TPSA) is 9.23 Å². The first-order valence-electron chi connectivity index (χ1n) is 3.84. The summed E-state index contributed by atoms with van der Waals surface area (Å²) in [4.78, 5) is 0. The smallest absolute Gasteiger partial charge is 0.200 e. The third kappa shape index (κ3) is 3.04. The molecule has 0 amide bonds. The summed E-state index contributed by atoms with van der Waals surface area (Å²) in [6.45, 7) is 2.50. The second kappa shape index (κ2) is 4.54. The fraction of sp³-hybridized carbons (Fsp3) is 0.333. The summed E-state index contributed by atoms with van der Waals surface area (Å²) in [6.07, 6.45) is 0. The van der Waals surface area contributed by atoms with Crippen molar-refractivity contribution >= 4 is 39.1 Å². The summed E-state index contributed by atoms with van der Waals surface area (Å²) in [7, 11) is 0. The second-order valence-corrected chi connectivity index (χ2v) is 5.86. The summed E-state index contributed by atoms with van der Waals surface area (Å²) in [5.74, 6) is 0.701. The van der Waals surface area contributed by atoms with Crippen molar-refractivity contribution in [3.8, 4) is 5.75 Å². The lowest BCUT2D eigenvalue weighted by Gasteiger charge is -2.16. The molecule has 0 N–H and O–H groups in total. The van der Waals surface area contributed by atoms with Gasteiger partial charge in [-0.3, -0.25) is 0 Å². The van der Waals surface area contributed by atoms with E-state index in [9.17, 15) is 0 Å². The molecule has 0 heterocycles. The van der Waals surface area contributed by atoms with Gasteiger partial charge in [-0.1, -0.05) is 41.4 Å². The molecule has 0 saturated carbocycles. The van der Waals surface area contributed by atoms with E-state index in [1.807, 2.05) is 31.2 Å². The van der Waals surface area contributed by atoms with Crippen LogP contribution in [0.5, 0.6) is 5.75 Å². The number of halogens is 3. The Labute approximate surface area is 96.1 Å². The van der Waals surface area contributed by atoms with Crippen molar-refractivity contribution < 1.29 is 4.74 Å². The molecule has 0 aliphatic heterocycles. The van der Waals surface area contributed by atoms with Gasteiger partial charge < -0.3 is 4.74 Å². The molecule has 4 heteroatoms. The lowest BCUT2D eigenvalue weighted by Crippen LogP contribution is -2.04. The second-order valence-electron chi connectivity index (χ2n) is 2.43. The Morgan fingerprint density at radius 1 is 1.38 bits per heavy atom. The van der Waals surface area contributed by atoms with Crippen molar-refractivity contribution in [3.63, 3.8) is 0 Å². The number of benzene rings is 1. The first kappa shape index (κ1) is 11.2. The van der Waals surface area contributed by atoms with Gasteiger partial charge in [0.15, 0.2) is 0 Å². The van der Waals surface area contributed by atoms with Crippen LogP contribution in [-0.2, 0) is 3.24 Å². The van der Waals surface area contributed by atoms with Gasteiger partial charge in [0.25, 0.3) is 0 Å². The molecule has 1 nitrogen and oxygen atoms in total. The number of ether oxygens (including phenoxy) is 1. The van der Waals surface area contributed by atoms with E-state index in [0.717, 1.165) is 5.56 Å². The highest BCUT2D eigenvalue weighted by Gasteiger charge is 2.25. The molecule has 0 aromatic heterocycles. The highest BCUT2D eigenvalue weighted by atomic mass is 79.9. The van der Waals surface area contributed by atoms with Gasteiger partial charge in [-0.05, 0) is 28.9 Å². The van der Waals surface area contributed by atoms with Gasteiger partial charge in [0, 0.05) is 5.56 Å². The van der Waals surface area contributed by atoms with Crippen molar-refractivity contribution in [2.75, 3.05) is 6.61 Å². The zero-order valence-corrected chi connectivity index (χ0v) is 10.2. The number of para-hydroxylation sites is 1. The Morgan fingerprint density at radius 2 is 2.00 bits per heavy atom. The predicted octanol–water partition coefficient (Wildman–Crippen LogP) is 4.07. The maximum atomic E-state index is 5.90. The van der Waals surface area contributed by atoms with Crippen molar-refractivity contribution in [1.29, 1.82) is 0 Å². The van der Waals surface area contributed by atoms with Crippen LogP contribution < -0.4 is 4.74 Å². The summed E-state index contributed by atoms with van der Waals surface area (Å²) >= 11 is 15.0. The van der Waals surface area contributed by atoms with Crippen LogP contribution in [-0.4, -0.2) is 6.61 Å². The fourth-order valence-corrected chi connectivity index (χ4v) is 1.62. The molecule has 0 saturated heterocycles. The van der Waals surface area contributed by atoms with Crippen molar-refractivity contribution in [2.45, 2.75) is 10.2 Å². The molecular formula is C9H9BrCl2O. The van der Waals surface area contributed by atoms with E-state index in [-0.39, 0.29) is 0 Å². The minimum atomic E-state index is -1.08. The minimum Gasteiger partial charge on any atom is -0.493 e. The average Bonchev–Trinajstić information content (AvgIpc) is 2.04. The van der Waals surface area contributed by atoms with Crippen LogP contribution in [0.15, 0.2) is 24.3 Å². The number of rotatable bonds is 3. The first-order chi connectivity index (χ1) is 6.05. The van der Waals surface area contributed by atoms with Crippen LogP contribution in [0.3, 0.4) is 0 Å². The Balaban J connectivity index is 3.05. The highest BCUT2D eigenvalue weighted by Crippen LogP contribution is 2.44. The summed E-state index contributed by atoms with van der Waals surface area (Å²) in [5, 5.41) is 0. The SMILES string of the molecule is CCOc1ccccc1C(Cl)(Cl)Br. The van der Waals surface area contributed by atoms with Gasteiger partial charge in [0.05, 0.1) is 6.61 Å². The van der Waals surface area contributed by atoms with E-state index in [4.69, 9.17) is 27.9 Å². The van der Waals surface area contributed by atoms with Crippen molar-refractivity contribution in [1.82, 2.24) is 0 Å². The first-order valence-corrected chi connectivity index (χ1v) is 5.39. The van der Waals surface area contributed by atoms with E-state index in [0.29, 0.717) is 12.4 Å². The Bertz CT molecular complexity index is 283. The molecule has 0 atom stereocenters. The number of hydrogen-bond donors (Lipinski definition) is 0. The van der Waals surface area contributed by atoms with Crippen LogP contribution in [0.2, 0.25) is 0 Å². The highest BCUT2D eigenvalue weighted by molar-refractivity contribution is 9.10. The third-order valence-corrected chi connectivity index (χ3v) is 2.33. The monoisotopic (exact) mass is 282 g/mol. The molecular weight excluding hydrogens is 275 g/mol. The lowest BCUT2D eigenvalue weighted by molar-refractivity contribution is 0.337. The van der Waals surface area contributed by atoms with E-state index >= 15 is 0 Å². The van der Waals surface area contributed by atoms with E-state index in [2.05, 4.69) is 15.9 Å². The zero-order chi connectivity index (χ0) is 9.90. The average molecular weight is 284 g/mol. The van der Waals surface area contributed by atoms with Gasteiger partial charge in [0.1, 0.15) is 5.75 Å². The molecule has 0 bridgehead atoms. The Hall–Kier alpha value is 0.0800. The molecule has 0 fully saturated rings. The van der Waals surface area contributed by atoms with E-state index < -0.39 is 3.24 Å².